The molecule has 104 heavy (non-hydrogen) atoms. The Morgan fingerprint density at radius 1 is 0.327 bits per heavy atom. The van der Waals surface area contributed by atoms with Crippen molar-refractivity contribution in [3.8, 4) is 40.2 Å². The highest BCUT2D eigenvalue weighted by atomic mass is 16.4. The maximum atomic E-state index is 11.9. The number of carboxylic acids is 3. The number of aryl methyl sites for hydroxylation is 2. The topological polar surface area (TPSA) is 317 Å². The first-order valence-corrected chi connectivity index (χ1v) is 35.1. The number of para-hydroxylation sites is 3. The number of ketones is 2. The molecule has 9 aromatic carbocycles. The Labute approximate surface area is 612 Å². The van der Waals surface area contributed by atoms with E-state index in [1.54, 1.807) is 117 Å². The molecule has 0 saturated carbocycles. The van der Waals surface area contributed by atoms with Crippen molar-refractivity contribution in [2.45, 2.75) is 176 Å². The minimum absolute atomic E-state index is 0.00859. The monoisotopic (exact) mass is 1420 g/mol. The third-order valence-corrected chi connectivity index (χ3v) is 16.2. The lowest BCUT2D eigenvalue weighted by atomic mass is 9.80. The van der Waals surface area contributed by atoms with Crippen LogP contribution in [0.4, 0.5) is 5.69 Å². The lowest BCUT2D eigenvalue weighted by Gasteiger charge is -2.26. The van der Waals surface area contributed by atoms with E-state index in [2.05, 4.69) is 53.8 Å². The van der Waals surface area contributed by atoms with Crippen molar-refractivity contribution in [1.29, 1.82) is 0 Å². The molecule has 0 aliphatic heterocycles. The van der Waals surface area contributed by atoms with Crippen LogP contribution in [0.3, 0.4) is 0 Å². The van der Waals surface area contributed by atoms with Crippen LogP contribution in [-0.2, 0) is 15.6 Å². The quantitative estimate of drug-likeness (QED) is 0.0152. The predicted molar refractivity (Wildman–Crippen MR) is 412 cm³/mol. The van der Waals surface area contributed by atoms with E-state index < -0.39 is 17.9 Å². The summed E-state index contributed by atoms with van der Waals surface area (Å²) in [6.07, 6.45) is 20.6. The molecule has 0 heterocycles. The Morgan fingerprint density at radius 2 is 0.702 bits per heavy atom. The van der Waals surface area contributed by atoms with Gasteiger partial charge in [-0.1, -0.05) is 241 Å². The molecule has 0 aromatic heterocycles. The molecule has 9 aromatic rings. The summed E-state index contributed by atoms with van der Waals surface area (Å²) in [5, 5.41) is 93.4. The highest BCUT2D eigenvalue weighted by Gasteiger charge is 2.25. The van der Waals surface area contributed by atoms with E-state index in [4.69, 9.17) is 30.6 Å². The minimum atomic E-state index is -1.11. The number of phenols is 7. The number of nitrogens with one attached hydrogen (secondary N) is 1. The van der Waals surface area contributed by atoms with Gasteiger partial charge in [-0.05, 0) is 163 Å². The average Bonchev–Trinajstić information content (AvgIpc) is 0.800. The molecule has 0 fully saturated rings. The number of amides is 1. The third kappa shape index (κ3) is 33.5. The summed E-state index contributed by atoms with van der Waals surface area (Å²) in [6.45, 7) is 18.3. The lowest BCUT2D eigenvalue weighted by molar-refractivity contribution is -0.116. The fraction of sp³-hybridized carbons (Fsp3) is 0.310. The van der Waals surface area contributed by atoms with Crippen LogP contribution in [0, 0.1) is 13.8 Å². The van der Waals surface area contributed by atoms with Gasteiger partial charge in [-0.3, -0.25) is 14.4 Å². The summed E-state index contributed by atoms with van der Waals surface area (Å²) in [4.78, 5) is 66.7. The van der Waals surface area contributed by atoms with Gasteiger partial charge in [0.25, 0.3) is 0 Å². The maximum Gasteiger partial charge on any atom is 0.339 e. The van der Waals surface area contributed by atoms with E-state index in [9.17, 15) is 49.2 Å². The zero-order chi connectivity index (χ0) is 77.2. The Hall–Kier alpha value is -11.2. The van der Waals surface area contributed by atoms with E-state index in [0.29, 0.717) is 45.6 Å². The second-order valence-electron chi connectivity index (χ2n) is 26.9. The normalized spacial score (nSPS) is 10.4. The molecule has 0 saturated heterocycles. The van der Waals surface area contributed by atoms with E-state index in [-0.39, 0.29) is 79.5 Å². The third-order valence-electron chi connectivity index (χ3n) is 16.2. The van der Waals surface area contributed by atoms with Crippen molar-refractivity contribution in [2.75, 3.05) is 5.32 Å². The first-order valence-electron chi connectivity index (χ1n) is 35.1. The number of aromatic hydroxyl groups is 7. The molecule has 0 unspecified atom stereocenters. The zero-order valence-corrected chi connectivity index (χ0v) is 61.4. The fourth-order valence-electron chi connectivity index (χ4n) is 10.2. The summed E-state index contributed by atoms with van der Waals surface area (Å²) in [5.74, 6) is -2.29. The number of hydrogen-bond donors (Lipinski definition) is 11. The summed E-state index contributed by atoms with van der Waals surface area (Å²) in [5.41, 5.74) is 6.41. The van der Waals surface area contributed by atoms with Crippen LogP contribution in [0.1, 0.15) is 236 Å². The average molecular weight is 1420 g/mol. The number of hydrogen-bond acceptors (Lipinski definition) is 13. The second kappa shape index (κ2) is 46.3. The molecule has 9 rings (SSSR count). The van der Waals surface area contributed by atoms with Gasteiger partial charge in [0.2, 0.25) is 5.91 Å². The van der Waals surface area contributed by atoms with Crippen LogP contribution in [0.15, 0.2) is 212 Å². The van der Waals surface area contributed by atoms with Gasteiger partial charge in [-0.15, -0.1) is 0 Å². The Bertz CT molecular complexity index is 4010. The maximum absolute atomic E-state index is 11.9. The van der Waals surface area contributed by atoms with Gasteiger partial charge in [0.05, 0.1) is 16.7 Å². The molecule has 1 amide bonds. The van der Waals surface area contributed by atoms with Crippen LogP contribution in [0.25, 0.3) is 0 Å². The molecule has 0 aliphatic carbocycles. The molecule has 17 heteroatoms. The van der Waals surface area contributed by atoms with E-state index in [1.165, 1.54) is 150 Å². The van der Waals surface area contributed by atoms with Crippen molar-refractivity contribution < 1.29 is 79.8 Å². The molecule has 0 aliphatic rings. The number of aromatic carboxylic acids is 3. The number of carboxylic acid groups (broad SMARTS) is 3. The summed E-state index contributed by atoms with van der Waals surface area (Å²) in [6, 6.07) is 57.6. The van der Waals surface area contributed by atoms with Crippen LogP contribution >= 0.6 is 0 Å². The van der Waals surface area contributed by atoms with Crippen LogP contribution in [0.2, 0.25) is 0 Å². The number of carbonyl (C=O) groups is 6. The van der Waals surface area contributed by atoms with E-state index in [1.807, 2.05) is 42.5 Å². The fourth-order valence-corrected chi connectivity index (χ4v) is 10.2. The smallest absolute Gasteiger partial charge is 0.339 e. The summed E-state index contributed by atoms with van der Waals surface area (Å²) >= 11 is 0. The van der Waals surface area contributed by atoms with Crippen LogP contribution < -0.4 is 5.32 Å². The van der Waals surface area contributed by atoms with E-state index >= 15 is 0 Å². The lowest BCUT2D eigenvalue weighted by Crippen LogP contribution is -2.16. The van der Waals surface area contributed by atoms with Crippen LogP contribution in [0.5, 0.6) is 40.2 Å². The van der Waals surface area contributed by atoms with Gasteiger partial charge in [-0.25, -0.2) is 14.4 Å². The van der Waals surface area contributed by atoms with Crippen molar-refractivity contribution in [3.63, 3.8) is 0 Å². The van der Waals surface area contributed by atoms with Crippen molar-refractivity contribution in [3.05, 3.63) is 274 Å². The van der Waals surface area contributed by atoms with Gasteiger partial charge in [0.1, 0.15) is 45.8 Å². The number of carbonyl (C=O) groups excluding carboxylic acids is 3. The van der Waals surface area contributed by atoms with Gasteiger partial charge < -0.3 is 56.4 Å². The number of phenolic OH excluding ortho intramolecular Hbond substituents is 6. The summed E-state index contributed by atoms with van der Waals surface area (Å²) < 4.78 is 0. The van der Waals surface area contributed by atoms with Crippen molar-refractivity contribution >= 4 is 41.1 Å². The molecule has 554 valence electrons. The highest BCUT2D eigenvalue weighted by Crippen LogP contribution is 2.38. The largest absolute Gasteiger partial charge is 0.508 e. The van der Waals surface area contributed by atoms with Crippen LogP contribution in [-0.4, -0.2) is 86.4 Å². The standard InChI is InChI=1S/C24H41NO2.C14H22O.2C13H10O2.2C8H8O3.C7H6O3/c1-2-3-4-5-6-7-8-9-10-11-12-13-14-15-16-17-24(27)25-22-18-20-23(26)21-19-22;1-13(2,3)10-8-7-9-11(12(10)15)14(4,5)6;14-12-9-5-4-8-11(12)13(15)10-6-2-1-3-7-10;14-12-8-6-11(7-9-12)13(15)10-4-2-1-3-5-10;1-5-4-6(8(10)11)2-3-7(5)9;1-5-3-2-4-6(7(5)9)8(10)11;8-6-3-1-5(2-4-6)7(9)10/h18-21,26H,2-17H2,1H3,(H,25,27);7-9,15H,1-6H3;2*1-9,14H;2*2-4,9H,1H3,(H,10,11);1-4,8H,(H,9,10). The Morgan fingerprint density at radius 3 is 1.12 bits per heavy atom. The minimum Gasteiger partial charge on any atom is -0.508 e. The molecule has 17 nitrogen and oxygen atoms in total. The molecule has 0 atom stereocenters. The molecule has 0 radical (unpaired) electrons. The number of anilines is 1. The zero-order valence-electron chi connectivity index (χ0n) is 61.4. The molecular formula is C87H105NO16. The number of rotatable bonds is 24. The molecular weight excluding hydrogens is 1310 g/mol. The van der Waals surface area contributed by atoms with E-state index in [0.717, 1.165) is 29.7 Å². The first kappa shape index (κ1) is 87.0. The molecule has 11 N–H and O–H groups in total. The first-order chi connectivity index (χ1) is 49.3. The van der Waals surface area contributed by atoms with Gasteiger partial charge in [0.15, 0.2) is 11.6 Å². The summed E-state index contributed by atoms with van der Waals surface area (Å²) in [7, 11) is 0. The van der Waals surface area contributed by atoms with Gasteiger partial charge in [0, 0.05) is 28.8 Å². The SMILES string of the molecule is CC(C)(C)c1cccc(C(C)(C)C)c1O.CCCCCCCCCCCCCCCCCC(=O)Nc1ccc(O)cc1.Cc1cc(C(=O)O)ccc1O.Cc1cccc(C(=O)O)c1O.O=C(O)c1ccc(O)cc1.O=C(c1ccccc1)c1ccc(O)cc1.O=C(c1ccccc1)c1ccccc1O. The van der Waals surface area contributed by atoms with Crippen molar-refractivity contribution in [2.24, 2.45) is 0 Å². The predicted octanol–water partition coefficient (Wildman–Crippen LogP) is 20.7. The molecule has 0 bridgehead atoms. The Kier molecular flexibility index (Phi) is 38.8. The Balaban J connectivity index is 0.000000324. The van der Waals surface area contributed by atoms with Gasteiger partial charge >= 0.3 is 17.9 Å². The van der Waals surface area contributed by atoms with Gasteiger partial charge in [-0.2, -0.15) is 0 Å². The second-order valence-corrected chi connectivity index (χ2v) is 26.9. The highest BCUT2D eigenvalue weighted by molar-refractivity contribution is 6.10. The number of unbranched alkanes of at least 4 members (excludes halogenated alkanes) is 14. The number of benzene rings is 9. The molecule has 0 spiro atoms. The van der Waals surface area contributed by atoms with Crippen molar-refractivity contribution in [1.82, 2.24) is 0 Å².